The number of nitrogens with zero attached hydrogens (tertiary/aromatic N) is 1. The Labute approximate surface area is 162 Å². The summed E-state index contributed by atoms with van der Waals surface area (Å²) in [6.45, 7) is 1.40. The number of carbonyl (C=O) groups is 1. The van der Waals surface area contributed by atoms with Gasteiger partial charge in [-0.2, -0.15) is 4.31 Å². The largest absolute Gasteiger partial charge is 0.379 e. The SMILES string of the molecule is O=C(CCc1ccc(S(=O)(=O)N2CCOCC2)cc1)Nc1ccc(F)cc1F. The molecule has 28 heavy (non-hydrogen) atoms. The lowest BCUT2D eigenvalue weighted by Crippen LogP contribution is -2.40. The molecule has 9 heteroatoms. The van der Waals surface area contributed by atoms with Gasteiger partial charge in [0, 0.05) is 25.6 Å². The average Bonchev–Trinajstić information content (AvgIpc) is 2.69. The van der Waals surface area contributed by atoms with Crippen molar-refractivity contribution in [2.24, 2.45) is 0 Å². The van der Waals surface area contributed by atoms with E-state index in [2.05, 4.69) is 5.32 Å². The van der Waals surface area contributed by atoms with E-state index >= 15 is 0 Å². The monoisotopic (exact) mass is 410 g/mol. The zero-order valence-electron chi connectivity index (χ0n) is 15.0. The molecule has 150 valence electrons. The van der Waals surface area contributed by atoms with Crippen LogP contribution in [0, 0.1) is 11.6 Å². The third-order valence-electron chi connectivity index (χ3n) is 4.38. The molecule has 0 aromatic heterocycles. The molecule has 1 fully saturated rings. The molecule has 0 saturated carbocycles. The molecule has 0 bridgehead atoms. The molecule has 0 radical (unpaired) electrons. The molecule has 0 unspecified atom stereocenters. The van der Waals surface area contributed by atoms with Crippen molar-refractivity contribution in [2.45, 2.75) is 17.7 Å². The van der Waals surface area contributed by atoms with Crippen LogP contribution in [0.2, 0.25) is 0 Å². The maximum Gasteiger partial charge on any atom is 0.243 e. The van der Waals surface area contributed by atoms with E-state index < -0.39 is 27.6 Å². The lowest BCUT2D eigenvalue weighted by molar-refractivity contribution is -0.116. The molecule has 1 amide bonds. The number of halogens is 2. The van der Waals surface area contributed by atoms with Gasteiger partial charge in [0.2, 0.25) is 15.9 Å². The minimum atomic E-state index is -3.56. The summed E-state index contributed by atoms with van der Waals surface area (Å²) in [6.07, 6.45) is 0.429. The summed E-state index contributed by atoms with van der Waals surface area (Å²) in [5.74, 6) is -1.98. The zero-order chi connectivity index (χ0) is 20.1. The summed E-state index contributed by atoms with van der Waals surface area (Å²) in [5, 5.41) is 2.39. The Hall–Kier alpha value is -2.36. The molecule has 2 aromatic rings. The first-order valence-electron chi connectivity index (χ1n) is 8.78. The van der Waals surface area contributed by atoms with E-state index in [-0.39, 0.29) is 17.0 Å². The van der Waals surface area contributed by atoms with Crippen LogP contribution in [-0.4, -0.2) is 44.9 Å². The highest BCUT2D eigenvalue weighted by Crippen LogP contribution is 2.19. The fraction of sp³-hybridized carbons (Fsp3) is 0.316. The van der Waals surface area contributed by atoms with Crippen LogP contribution in [0.4, 0.5) is 14.5 Å². The van der Waals surface area contributed by atoms with Crippen LogP contribution >= 0.6 is 0 Å². The lowest BCUT2D eigenvalue weighted by atomic mass is 10.1. The van der Waals surface area contributed by atoms with Gasteiger partial charge in [0.25, 0.3) is 0 Å². The predicted octanol–water partition coefficient (Wildman–Crippen LogP) is 2.56. The number of ether oxygens (including phenoxy) is 1. The number of carbonyl (C=O) groups excluding carboxylic acids is 1. The summed E-state index contributed by atoms with van der Waals surface area (Å²) >= 11 is 0. The topological polar surface area (TPSA) is 75.7 Å². The standard InChI is InChI=1S/C19H20F2N2O4S/c20-15-4-7-18(17(21)13-15)22-19(24)8-3-14-1-5-16(6-2-14)28(25,26)23-9-11-27-12-10-23/h1-2,4-7,13H,3,8-12H2,(H,22,24). The van der Waals surface area contributed by atoms with Crippen LogP contribution < -0.4 is 5.32 Å². The first kappa shape index (κ1) is 20.4. The van der Waals surface area contributed by atoms with Crippen molar-refractivity contribution in [3.63, 3.8) is 0 Å². The molecule has 6 nitrogen and oxygen atoms in total. The molecule has 3 rings (SSSR count). The van der Waals surface area contributed by atoms with Gasteiger partial charge in [-0.15, -0.1) is 0 Å². The number of hydrogen-bond acceptors (Lipinski definition) is 4. The van der Waals surface area contributed by atoms with Gasteiger partial charge in [-0.1, -0.05) is 12.1 Å². The summed E-state index contributed by atoms with van der Waals surface area (Å²) in [5.41, 5.74) is 0.689. The molecule has 1 aliphatic rings. The molecule has 0 aliphatic carbocycles. The number of morpholine rings is 1. The maximum atomic E-state index is 13.6. The van der Waals surface area contributed by atoms with Crippen molar-refractivity contribution in [3.8, 4) is 0 Å². The van der Waals surface area contributed by atoms with Crippen LogP contribution in [0.3, 0.4) is 0 Å². The Morgan fingerprint density at radius 3 is 2.39 bits per heavy atom. The van der Waals surface area contributed by atoms with Gasteiger partial charge in [-0.05, 0) is 36.2 Å². The van der Waals surface area contributed by atoms with E-state index in [4.69, 9.17) is 4.74 Å². The number of amides is 1. The number of benzene rings is 2. The van der Waals surface area contributed by atoms with E-state index in [9.17, 15) is 22.0 Å². The molecular weight excluding hydrogens is 390 g/mol. The zero-order valence-corrected chi connectivity index (χ0v) is 15.8. The second-order valence-corrected chi connectivity index (χ2v) is 8.27. The molecule has 2 aromatic carbocycles. The van der Waals surface area contributed by atoms with E-state index in [1.807, 2.05) is 0 Å². The van der Waals surface area contributed by atoms with Gasteiger partial charge < -0.3 is 10.1 Å². The van der Waals surface area contributed by atoms with E-state index in [0.29, 0.717) is 38.8 Å². The second-order valence-electron chi connectivity index (χ2n) is 6.33. The second kappa shape index (κ2) is 8.76. The van der Waals surface area contributed by atoms with Gasteiger partial charge >= 0.3 is 0 Å². The molecular formula is C19H20F2N2O4S. The highest BCUT2D eigenvalue weighted by Gasteiger charge is 2.26. The molecule has 1 heterocycles. The van der Waals surface area contributed by atoms with Crippen LogP contribution in [0.25, 0.3) is 0 Å². The molecule has 0 atom stereocenters. The minimum Gasteiger partial charge on any atom is -0.379 e. The van der Waals surface area contributed by atoms with Gasteiger partial charge in [-0.25, -0.2) is 17.2 Å². The fourth-order valence-electron chi connectivity index (χ4n) is 2.83. The van der Waals surface area contributed by atoms with E-state index in [1.54, 1.807) is 12.1 Å². The fourth-order valence-corrected chi connectivity index (χ4v) is 4.23. The Kier molecular flexibility index (Phi) is 6.38. The molecule has 1 saturated heterocycles. The molecule has 1 N–H and O–H groups in total. The number of anilines is 1. The number of rotatable bonds is 6. The van der Waals surface area contributed by atoms with Gasteiger partial charge in [-0.3, -0.25) is 4.79 Å². The first-order chi connectivity index (χ1) is 13.4. The van der Waals surface area contributed by atoms with Crippen molar-refractivity contribution in [1.82, 2.24) is 4.31 Å². The Bertz CT molecular complexity index is 943. The third-order valence-corrected chi connectivity index (χ3v) is 6.29. The summed E-state index contributed by atoms with van der Waals surface area (Å²) in [4.78, 5) is 12.2. The van der Waals surface area contributed by atoms with Crippen molar-refractivity contribution in [2.75, 3.05) is 31.6 Å². The Morgan fingerprint density at radius 2 is 1.75 bits per heavy atom. The van der Waals surface area contributed by atoms with E-state index in [0.717, 1.165) is 17.7 Å². The summed E-state index contributed by atoms with van der Waals surface area (Å²) in [6, 6.07) is 9.25. The quantitative estimate of drug-likeness (QED) is 0.794. The van der Waals surface area contributed by atoms with E-state index in [1.165, 1.54) is 16.4 Å². The highest BCUT2D eigenvalue weighted by molar-refractivity contribution is 7.89. The predicted molar refractivity (Wildman–Crippen MR) is 99.3 cm³/mol. The van der Waals surface area contributed by atoms with Crippen LogP contribution in [-0.2, 0) is 26.0 Å². The smallest absolute Gasteiger partial charge is 0.243 e. The minimum absolute atomic E-state index is 0.0758. The van der Waals surface area contributed by atoms with Gasteiger partial charge in [0.1, 0.15) is 11.6 Å². The number of sulfonamides is 1. The van der Waals surface area contributed by atoms with Gasteiger partial charge in [0.15, 0.2) is 0 Å². The highest BCUT2D eigenvalue weighted by atomic mass is 32.2. The van der Waals surface area contributed by atoms with Crippen molar-refractivity contribution < 1.29 is 26.7 Å². The maximum absolute atomic E-state index is 13.6. The van der Waals surface area contributed by atoms with Crippen LogP contribution in [0.15, 0.2) is 47.4 Å². The Balaban J connectivity index is 1.57. The lowest BCUT2D eigenvalue weighted by Gasteiger charge is -2.26. The summed E-state index contributed by atoms with van der Waals surface area (Å²) in [7, 11) is -3.56. The first-order valence-corrected chi connectivity index (χ1v) is 10.2. The van der Waals surface area contributed by atoms with Crippen molar-refractivity contribution in [1.29, 1.82) is 0 Å². The number of aryl methyl sites for hydroxylation is 1. The molecule has 0 spiro atoms. The number of nitrogens with one attached hydrogen (secondary N) is 1. The normalized spacial score (nSPS) is 15.4. The third kappa shape index (κ3) is 4.92. The van der Waals surface area contributed by atoms with Crippen LogP contribution in [0.1, 0.15) is 12.0 Å². The summed E-state index contributed by atoms with van der Waals surface area (Å²) < 4.78 is 58.1. The number of hydrogen-bond donors (Lipinski definition) is 1. The molecule has 1 aliphatic heterocycles. The van der Waals surface area contributed by atoms with Gasteiger partial charge in [0.05, 0.1) is 23.8 Å². The van der Waals surface area contributed by atoms with Crippen molar-refractivity contribution in [3.05, 3.63) is 59.7 Å². The van der Waals surface area contributed by atoms with Crippen LogP contribution in [0.5, 0.6) is 0 Å². The van der Waals surface area contributed by atoms with Crippen molar-refractivity contribution >= 4 is 21.6 Å². The average molecular weight is 410 g/mol. The Morgan fingerprint density at radius 1 is 1.07 bits per heavy atom.